The predicted molar refractivity (Wildman–Crippen MR) is 94.2 cm³/mol. The third-order valence-electron chi connectivity index (χ3n) is 3.98. The van der Waals surface area contributed by atoms with Gasteiger partial charge in [-0.2, -0.15) is 13.2 Å². The van der Waals surface area contributed by atoms with Crippen LogP contribution in [-0.2, 0) is 4.79 Å². The van der Waals surface area contributed by atoms with Crippen LogP contribution < -0.4 is 27.0 Å². The van der Waals surface area contributed by atoms with Crippen molar-refractivity contribution < 1.29 is 27.2 Å². The number of carbonyl (C=O) groups excluding carboxylic acids is 2. The molecule has 0 spiro atoms. The van der Waals surface area contributed by atoms with Crippen LogP contribution in [0.3, 0.4) is 0 Å². The summed E-state index contributed by atoms with van der Waals surface area (Å²) < 4.78 is 48.8. The van der Waals surface area contributed by atoms with Crippen molar-refractivity contribution in [2.45, 2.75) is 31.9 Å². The maximum absolute atomic E-state index is 12.2. The van der Waals surface area contributed by atoms with Crippen LogP contribution in [0.2, 0.25) is 0 Å². The minimum absolute atomic E-state index is 0.0590. The monoisotopic (exact) mass is 403 g/mol. The third kappa shape index (κ3) is 5.84. The molecular formula is C17H21F4N5O2. The Morgan fingerprint density at radius 3 is 2.36 bits per heavy atom. The van der Waals surface area contributed by atoms with Crippen LogP contribution in [0.5, 0.6) is 0 Å². The van der Waals surface area contributed by atoms with Crippen LogP contribution in [0.15, 0.2) is 35.7 Å². The summed E-state index contributed by atoms with van der Waals surface area (Å²) in [4.78, 5) is 23.4. The standard InChI is InChI=1S/C17H21F4N5O2/c18-9-3-1-2-4-13-14(15(22)27)24-25-26(13)12-7-5-11(6-8-12)16(28)23-10-17(19,20)21/h5-8,24-25H,1-4,9-10H2,(H2,22,27)(H,23,28). The molecule has 2 rings (SSSR count). The number of hydrogen-bond donors (Lipinski definition) is 4. The fourth-order valence-electron chi connectivity index (χ4n) is 2.63. The first kappa shape index (κ1) is 21.5. The van der Waals surface area contributed by atoms with Gasteiger partial charge in [0, 0.05) is 5.56 Å². The molecule has 0 fully saturated rings. The second-order valence-electron chi connectivity index (χ2n) is 6.10. The minimum Gasteiger partial charge on any atom is -0.364 e. The number of hydrazine groups is 2. The largest absolute Gasteiger partial charge is 0.405 e. The Morgan fingerprint density at radius 1 is 1.11 bits per heavy atom. The molecule has 0 saturated heterocycles. The zero-order chi connectivity index (χ0) is 20.7. The predicted octanol–water partition coefficient (Wildman–Crippen LogP) is 2.03. The molecule has 0 aromatic heterocycles. The molecule has 0 unspecified atom stereocenters. The van der Waals surface area contributed by atoms with Gasteiger partial charge in [-0.25, -0.2) is 0 Å². The Kier molecular flexibility index (Phi) is 7.21. The van der Waals surface area contributed by atoms with Crippen LogP contribution in [-0.4, -0.2) is 31.2 Å². The molecule has 0 bridgehead atoms. The molecule has 0 aliphatic carbocycles. The van der Waals surface area contributed by atoms with E-state index in [0.29, 0.717) is 37.1 Å². The molecule has 1 aliphatic rings. The van der Waals surface area contributed by atoms with Crippen molar-refractivity contribution in [3.05, 3.63) is 41.2 Å². The number of unbranched alkanes of at least 4 members (excludes halogenated alkanes) is 2. The van der Waals surface area contributed by atoms with Gasteiger partial charge in [0.1, 0.15) is 12.2 Å². The number of anilines is 1. The van der Waals surface area contributed by atoms with E-state index in [0.717, 1.165) is 0 Å². The number of carbonyl (C=O) groups is 2. The van der Waals surface area contributed by atoms with Crippen molar-refractivity contribution in [3.63, 3.8) is 0 Å². The lowest BCUT2D eigenvalue weighted by molar-refractivity contribution is -0.123. The fraction of sp³-hybridized carbons (Fsp3) is 0.412. The molecule has 11 heteroatoms. The molecule has 1 aliphatic heterocycles. The number of amides is 2. The van der Waals surface area contributed by atoms with Crippen molar-refractivity contribution in [3.8, 4) is 0 Å². The average molecular weight is 403 g/mol. The summed E-state index contributed by atoms with van der Waals surface area (Å²) in [6.07, 6.45) is -2.35. The highest BCUT2D eigenvalue weighted by molar-refractivity contribution is 5.95. The van der Waals surface area contributed by atoms with Gasteiger partial charge in [-0.3, -0.25) is 24.4 Å². The van der Waals surface area contributed by atoms with E-state index >= 15 is 0 Å². The first-order chi connectivity index (χ1) is 13.2. The molecule has 1 aromatic rings. The quantitative estimate of drug-likeness (QED) is 0.374. The molecule has 5 N–H and O–H groups in total. The zero-order valence-electron chi connectivity index (χ0n) is 14.9. The number of nitrogens with one attached hydrogen (secondary N) is 3. The molecule has 154 valence electrons. The van der Waals surface area contributed by atoms with Crippen molar-refractivity contribution >= 4 is 17.5 Å². The first-order valence-electron chi connectivity index (χ1n) is 8.58. The summed E-state index contributed by atoms with van der Waals surface area (Å²) in [5, 5.41) is 3.34. The molecule has 0 saturated carbocycles. The van der Waals surface area contributed by atoms with Gasteiger partial charge in [-0.1, -0.05) is 6.42 Å². The zero-order valence-corrected chi connectivity index (χ0v) is 14.9. The maximum Gasteiger partial charge on any atom is 0.405 e. The smallest absolute Gasteiger partial charge is 0.364 e. The summed E-state index contributed by atoms with van der Waals surface area (Å²) in [5.74, 6) is -1.52. The highest BCUT2D eigenvalue weighted by atomic mass is 19.4. The van der Waals surface area contributed by atoms with Gasteiger partial charge in [-0.15, -0.1) is 5.53 Å². The van der Waals surface area contributed by atoms with Gasteiger partial charge in [-0.05, 0) is 43.5 Å². The summed E-state index contributed by atoms with van der Waals surface area (Å²) in [5.41, 5.74) is 12.1. The summed E-state index contributed by atoms with van der Waals surface area (Å²) in [7, 11) is 0. The van der Waals surface area contributed by atoms with Gasteiger partial charge >= 0.3 is 6.18 Å². The molecule has 2 amide bonds. The normalized spacial score (nSPS) is 14.2. The highest BCUT2D eigenvalue weighted by Gasteiger charge is 2.28. The third-order valence-corrected chi connectivity index (χ3v) is 3.98. The number of benzene rings is 1. The minimum atomic E-state index is -4.49. The summed E-state index contributed by atoms with van der Waals surface area (Å²) in [6.45, 7) is -1.83. The number of nitrogens with two attached hydrogens (primary N) is 1. The Morgan fingerprint density at radius 2 is 1.79 bits per heavy atom. The molecule has 1 aromatic carbocycles. The number of rotatable bonds is 9. The van der Waals surface area contributed by atoms with Crippen molar-refractivity contribution in [2.24, 2.45) is 5.73 Å². The van der Waals surface area contributed by atoms with Crippen molar-refractivity contribution in [2.75, 3.05) is 18.2 Å². The second kappa shape index (κ2) is 9.40. The lowest BCUT2D eigenvalue weighted by Crippen LogP contribution is -2.39. The van der Waals surface area contributed by atoms with E-state index < -0.39 is 31.2 Å². The molecule has 7 nitrogen and oxygen atoms in total. The SMILES string of the molecule is NC(=O)C1=C(CCCCCF)N(c2ccc(C(=O)NCC(F)(F)F)cc2)NN1. The molecule has 0 radical (unpaired) electrons. The lowest BCUT2D eigenvalue weighted by Gasteiger charge is -2.21. The molecule has 28 heavy (non-hydrogen) atoms. The maximum atomic E-state index is 12.2. The number of hydrogen-bond acceptors (Lipinski definition) is 5. The van der Waals surface area contributed by atoms with Crippen LogP contribution in [0.25, 0.3) is 0 Å². The number of halogens is 4. The average Bonchev–Trinajstić information content (AvgIpc) is 3.07. The van der Waals surface area contributed by atoms with E-state index in [1.807, 2.05) is 0 Å². The van der Waals surface area contributed by atoms with E-state index in [9.17, 15) is 27.2 Å². The molecule has 0 atom stereocenters. The van der Waals surface area contributed by atoms with E-state index in [1.165, 1.54) is 24.3 Å². The van der Waals surface area contributed by atoms with Gasteiger partial charge in [0.2, 0.25) is 0 Å². The Labute approximate surface area is 158 Å². The van der Waals surface area contributed by atoms with Gasteiger partial charge in [0.25, 0.3) is 11.8 Å². The van der Waals surface area contributed by atoms with E-state index in [4.69, 9.17) is 5.73 Å². The van der Waals surface area contributed by atoms with E-state index in [1.54, 1.807) is 10.3 Å². The summed E-state index contributed by atoms with van der Waals surface area (Å²) in [6, 6.07) is 5.77. The van der Waals surface area contributed by atoms with Crippen LogP contribution in [0.4, 0.5) is 23.2 Å². The van der Waals surface area contributed by atoms with Gasteiger partial charge in [0.05, 0.1) is 18.1 Å². The second-order valence-corrected chi connectivity index (χ2v) is 6.10. The molecular weight excluding hydrogens is 382 g/mol. The number of allylic oxidation sites excluding steroid dienone is 1. The van der Waals surface area contributed by atoms with Crippen LogP contribution >= 0.6 is 0 Å². The van der Waals surface area contributed by atoms with Crippen LogP contribution in [0, 0.1) is 0 Å². The number of primary amides is 1. The highest BCUT2D eigenvalue weighted by Crippen LogP contribution is 2.26. The van der Waals surface area contributed by atoms with E-state index in [-0.39, 0.29) is 11.3 Å². The Balaban J connectivity index is 2.10. The Bertz CT molecular complexity index is 734. The lowest BCUT2D eigenvalue weighted by atomic mass is 10.1. The van der Waals surface area contributed by atoms with E-state index in [2.05, 4.69) is 11.0 Å². The summed E-state index contributed by atoms with van der Waals surface area (Å²) >= 11 is 0. The van der Waals surface area contributed by atoms with Gasteiger partial charge in [0.15, 0.2) is 0 Å². The topological polar surface area (TPSA) is 99.5 Å². The fourth-order valence-corrected chi connectivity index (χ4v) is 2.63. The first-order valence-corrected chi connectivity index (χ1v) is 8.58. The Hall–Kier alpha value is -2.82. The van der Waals surface area contributed by atoms with Crippen LogP contribution in [0.1, 0.15) is 36.0 Å². The number of alkyl halides is 4. The number of nitrogens with zero attached hydrogens (tertiary/aromatic N) is 1. The van der Waals surface area contributed by atoms with Crippen molar-refractivity contribution in [1.82, 2.24) is 16.3 Å². The van der Waals surface area contributed by atoms with Crippen molar-refractivity contribution in [1.29, 1.82) is 0 Å². The van der Waals surface area contributed by atoms with Gasteiger partial charge < -0.3 is 11.1 Å². The molecule has 1 heterocycles.